The highest BCUT2D eigenvalue weighted by Crippen LogP contribution is 2.23. The fourth-order valence-corrected chi connectivity index (χ4v) is 1.89. The van der Waals surface area contributed by atoms with Crippen LogP contribution >= 0.6 is 15.9 Å². The van der Waals surface area contributed by atoms with Crippen LogP contribution in [-0.2, 0) is 6.54 Å². The molecule has 0 aliphatic carbocycles. The van der Waals surface area contributed by atoms with E-state index < -0.39 is 0 Å². The molecule has 0 unspecified atom stereocenters. The largest absolute Gasteiger partial charge is 0.398 e. The van der Waals surface area contributed by atoms with Crippen LogP contribution in [0.1, 0.15) is 5.56 Å². The van der Waals surface area contributed by atoms with Crippen LogP contribution in [0, 0.1) is 0 Å². The number of rotatable bonds is 2. The number of nitrogen functional groups attached to an aromatic ring is 1. The summed E-state index contributed by atoms with van der Waals surface area (Å²) in [7, 11) is 0. The standard InChI is InChI=1S/C12H11BrN2O/c13-12-9(4-3-5-10(12)14)8-15-7-2-1-6-11(15)16/h1-7H,8,14H2. The second-order valence-corrected chi connectivity index (χ2v) is 4.28. The van der Waals surface area contributed by atoms with E-state index in [9.17, 15) is 4.79 Å². The van der Waals surface area contributed by atoms with Crippen molar-refractivity contribution in [3.05, 3.63) is 63.0 Å². The molecule has 82 valence electrons. The molecule has 0 aliphatic heterocycles. The first-order valence-electron chi connectivity index (χ1n) is 4.87. The summed E-state index contributed by atoms with van der Waals surface area (Å²) in [5.74, 6) is 0. The number of pyridine rings is 1. The van der Waals surface area contributed by atoms with Crippen molar-refractivity contribution in [2.24, 2.45) is 0 Å². The van der Waals surface area contributed by atoms with Crippen molar-refractivity contribution in [3.8, 4) is 0 Å². The molecule has 2 rings (SSSR count). The van der Waals surface area contributed by atoms with Crippen molar-refractivity contribution in [1.82, 2.24) is 4.57 Å². The molecule has 0 spiro atoms. The van der Waals surface area contributed by atoms with Gasteiger partial charge in [-0.1, -0.05) is 18.2 Å². The zero-order valence-corrected chi connectivity index (χ0v) is 10.1. The summed E-state index contributed by atoms with van der Waals surface area (Å²) in [5, 5.41) is 0. The molecular formula is C12H11BrN2O. The van der Waals surface area contributed by atoms with Crippen molar-refractivity contribution in [2.75, 3.05) is 5.73 Å². The van der Waals surface area contributed by atoms with E-state index in [0.717, 1.165) is 10.0 Å². The molecule has 3 nitrogen and oxygen atoms in total. The van der Waals surface area contributed by atoms with Crippen molar-refractivity contribution >= 4 is 21.6 Å². The van der Waals surface area contributed by atoms with Crippen LogP contribution in [0.25, 0.3) is 0 Å². The summed E-state index contributed by atoms with van der Waals surface area (Å²) >= 11 is 3.42. The number of aromatic nitrogens is 1. The van der Waals surface area contributed by atoms with Crippen LogP contribution in [0.5, 0.6) is 0 Å². The van der Waals surface area contributed by atoms with Gasteiger partial charge in [-0.15, -0.1) is 0 Å². The van der Waals surface area contributed by atoms with Gasteiger partial charge in [-0.25, -0.2) is 0 Å². The van der Waals surface area contributed by atoms with Crippen molar-refractivity contribution in [1.29, 1.82) is 0 Å². The number of benzene rings is 1. The van der Waals surface area contributed by atoms with Gasteiger partial charge in [0.05, 0.1) is 6.54 Å². The van der Waals surface area contributed by atoms with E-state index in [0.29, 0.717) is 12.2 Å². The van der Waals surface area contributed by atoms with Crippen molar-refractivity contribution in [3.63, 3.8) is 0 Å². The number of anilines is 1. The van der Waals surface area contributed by atoms with Crippen molar-refractivity contribution in [2.45, 2.75) is 6.54 Å². The fraction of sp³-hybridized carbons (Fsp3) is 0.0833. The van der Waals surface area contributed by atoms with E-state index in [1.54, 1.807) is 22.9 Å². The Bertz CT molecular complexity index is 563. The monoisotopic (exact) mass is 278 g/mol. The van der Waals surface area contributed by atoms with E-state index >= 15 is 0 Å². The van der Waals surface area contributed by atoms with E-state index in [1.807, 2.05) is 24.3 Å². The van der Waals surface area contributed by atoms with Gasteiger partial charge in [-0.2, -0.15) is 0 Å². The number of nitrogens with zero attached hydrogens (tertiary/aromatic N) is 1. The molecule has 0 saturated carbocycles. The zero-order chi connectivity index (χ0) is 11.5. The smallest absolute Gasteiger partial charge is 0.250 e. The van der Waals surface area contributed by atoms with E-state index in [2.05, 4.69) is 15.9 Å². The van der Waals surface area contributed by atoms with Crippen LogP contribution in [0.4, 0.5) is 5.69 Å². The molecule has 1 heterocycles. The van der Waals surface area contributed by atoms with Crippen LogP contribution in [0.15, 0.2) is 51.9 Å². The summed E-state index contributed by atoms with van der Waals surface area (Å²) < 4.78 is 2.49. The highest BCUT2D eigenvalue weighted by Gasteiger charge is 2.04. The first-order chi connectivity index (χ1) is 7.68. The van der Waals surface area contributed by atoms with Gasteiger partial charge in [0.1, 0.15) is 0 Å². The summed E-state index contributed by atoms with van der Waals surface area (Å²) in [4.78, 5) is 11.5. The lowest BCUT2D eigenvalue weighted by Crippen LogP contribution is -2.18. The number of halogens is 1. The summed E-state index contributed by atoms with van der Waals surface area (Å²) in [5.41, 5.74) is 7.44. The Hall–Kier alpha value is -1.55. The quantitative estimate of drug-likeness (QED) is 0.857. The Morgan fingerprint density at radius 3 is 2.75 bits per heavy atom. The normalized spacial score (nSPS) is 10.3. The second kappa shape index (κ2) is 4.53. The second-order valence-electron chi connectivity index (χ2n) is 3.49. The van der Waals surface area contributed by atoms with Gasteiger partial charge in [-0.3, -0.25) is 4.79 Å². The lowest BCUT2D eigenvalue weighted by Gasteiger charge is -2.08. The third kappa shape index (κ3) is 2.17. The Morgan fingerprint density at radius 1 is 1.19 bits per heavy atom. The molecule has 0 radical (unpaired) electrons. The minimum Gasteiger partial charge on any atom is -0.398 e. The van der Waals surface area contributed by atoms with Gasteiger partial charge in [0.25, 0.3) is 5.56 Å². The Morgan fingerprint density at radius 2 is 2.00 bits per heavy atom. The molecule has 16 heavy (non-hydrogen) atoms. The predicted octanol–water partition coefficient (Wildman–Crippen LogP) is 2.24. The number of nitrogens with two attached hydrogens (primary N) is 1. The van der Waals surface area contributed by atoms with Crippen LogP contribution in [0.3, 0.4) is 0 Å². The van der Waals surface area contributed by atoms with Gasteiger partial charge in [0, 0.05) is 22.4 Å². The summed E-state index contributed by atoms with van der Waals surface area (Å²) in [6, 6.07) is 10.7. The Labute approximate surface area is 102 Å². The van der Waals surface area contributed by atoms with Crippen molar-refractivity contribution < 1.29 is 0 Å². The molecule has 2 N–H and O–H groups in total. The maximum atomic E-state index is 11.5. The third-order valence-corrected chi connectivity index (χ3v) is 3.32. The maximum absolute atomic E-state index is 11.5. The zero-order valence-electron chi connectivity index (χ0n) is 8.56. The molecule has 0 atom stereocenters. The molecule has 0 fully saturated rings. The van der Waals surface area contributed by atoms with Crippen LogP contribution in [-0.4, -0.2) is 4.57 Å². The average Bonchev–Trinajstić information content (AvgIpc) is 2.28. The summed E-state index contributed by atoms with van der Waals surface area (Å²) in [6.45, 7) is 0.519. The Balaban J connectivity index is 2.38. The minimum absolute atomic E-state index is 0.0168. The maximum Gasteiger partial charge on any atom is 0.250 e. The van der Waals surface area contributed by atoms with E-state index in [1.165, 1.54) is 0 Å². The molecule has 2 aromatic rings. The van der Waals surface area contributed by atoms with E-state index in [4.69, 9.17) is 5.73 Å². The van der Waals surface area contributed by atoms with Gasteiger partial charge in [0.2, 0.25) is 0 Å². The average molecular weight is 279 g/mol. The van der Waals surface area contributed by atoms with Crippen LogP contribution < -0.4 is 11.3 Å². The highest BCUT2D eigenvalue weighted by atomic mass is 79.9. The topological polar surface area (TPSA) is 48.0 Å². The molecule has 1 aromatic heterocycles. The first kappa shape index (κ1) is 11.0. The first-order valence-corrected chi connectivity index (χ1v) is 5.66. The SMILES string of the molecule is Nc1cccc(Cn2ccccc2=O)c1Br. The number of hydrogen-bond donors (Lipinski definition) is 1. The lowest BCUT2D eigenvalue weighted by atomic mass is 10.2. The predicted molar refractivity (Wildman–Crippen MR) is 68.4 cm³/mol. The molecule has 0 bridgehead atoms. The Kier molecular flexibility index (Phi) is 3.10. The molecular weight excluding hydrogens is 268 g/mol. The molecule has 0 saturated heterocycles. The van der Waals surface area contributed by atoms with Gasteiger partial charge in [-0.05, 0) is 33.6 Å². The van der Waals surface area contributed by atoms with Crippen LogP contribution in [0.2, 0.25) is 0 Å². The minimum atomic E-state index is -0.0168. The molecule has 0 aliphatic rings. The molecule has 0 amide bonds. The molecule has 4 heteroatoms. The number of hydrogen-bond acceptors (Lipinski definition) is 2. The van der Waals surface area contributed by atoms with Gasteiger partial charge in [0.15, 0.2) is 0 Å². The fourth-order valence-electron chi connectivity index (χ4n) is 1.50. The molecule has 1 aromatic carbocycles. The van der Waals surface area contributed by atoms with Gasteiger partial charge < -0.3 is 10.3 Å². The van der Waals surface area contributed by atoms with Gasteiger partial charge >= 0.3 is 0 Å². The third-order valence-electron chi connectivity index (χ3n) is 2.35. The summed E-state index contributed by atoms with van der Waals surface area (Å²) in [6.07, 6.45) is 1.76. The lowest BCUT2D eigenvalue weighted by molar-refractivity contribution is 0.757. The highest BCUT2D eigenvalue weighted by molar-refractivity contribution is 9.10. The van der Waals surface area contributed by atoms with E-state index in [-0.39, 0.29) is 5.56 Å².